The van der Waals surface area contributed by atoms with E-state index in [1.54, 1.807) is 0 Å². The van der Waals surface area contributed by atoms with Crippen molar-refractivity contribution in [3.05, 3.63) is 212 Å². The molecule has 60 heavy (non-hydrogen) atoms. The molecule has 0 atom stereocenters. The Kier molecular flexibility index (Phi) is 9.79. The first-order valence-electron chi connectivity index (χ1n) is 19.7. The standard InChI is InChI=1S/C53H35N7/c1-5-18-37(19-6-1)48-55-49(38-20-7-2-8-21-38)57-52(56-48)41-33-31-36(32-34-41)42-28-17-29-44(47(42)46-30-15-16-35-54-46)43-26-13-14-27-45(43)53-59-50(39-22-9-3-10-23-39)58-51(60-53)40-24-11-4-12-25-40/h1-35H. The largest absolute Gasteiger partial charge is 0.256 e. The van der Waals surface area contributed by atoms with Gasteiger partial charge in [0.25, 0.3) is 0 Å². The van der Waals surface area contributed by atoms with Gasteiger partial charge in [-0.2, -0.15) is 0 Å². The molecule has 0 aliphatic rings. The van der Waals surface area contributed by atoms with Crippen molar-refractivity contribution in [2.24, 2.45) is 0 Å². The third-order valence-electron chi connectivity index (χ3n) is 10.3. The van der Waals surface area contributed by atoms with Crippen LogP contribution in [0.3, 0.4) is 0 Å². The summed E-state index contributed by atoms with van der Waals surface area (Å²) >= 11 is 0. The van der Waals surface area contributed by atoms with Crippen molar-refractivity contribution < 1.29 is 0 Å². The summed E-state index contributed by atoms with van der Waals surface area (Å²) in [6, 6.07) is 69.3. The molecule has 282 valence electrons. The van der Waals surface area contributed by atoms with Crippen LogP contribution in [-0.2, 0) is 0 Å². The van der Waals surface area contributed by atoms with Crippen LogP contribution < -0.4 is 0 Å². The van der Waals surface area contributed by atoms with Gasteiger partial charge in [-0.1, -0.05) is 194 Å². The molecule has 0 N–H and O–H groups in total. The van der Waals surface area contributed by atoms with Crippen LogP contribution in [0, 0.1) is 0 Å². The summed E-state index contributed by atoms with van der Waals surface area (Å²) < 4.78 is 0. The monoisotopic (exact) mass is 769 g/mol. The number of pyridine rings is 1. The molecule has 0 unspecified atom stereocenters. The van der Waals surface area contributed by atoms with E-state index < -0.39 is 0 Å². The van der Waals surface area contributed by atoms with E-state index in [2.05, 4.69) is 66.7 Å². The second kappa shape index (κ2) is 16.3. The molecule has 10 aromatic rings. The molecule has 7 heteroatoms. The molecular formula is C53H35N7. The maximum atomic E-state index is 5.10. The van der Waals surface area contributed by atoms with Crippen LogP contribution in [0.5, 0.6) is 0 Å². The summed E-state index contributed by atoms with van der Waals surface area (Å²) in [6.07, 6.45) is 1.84. The highest BCUT2D eigenvalue weighted by Crippen LogP contribution is 2.43. The van der Waals surface area contributed by atoms with Crippen LogP contribution in [0.1, 0.15) is 0 Å². The predicted octanol–water partition coefficient (Wildman–Crippen LogP) is 12.5. The summed E-state index contributed by atoms with van der Waals surface area (Å²) in [7, 11) is 0. The zero-order valence-corrected chi connectivity index (χ0v) is 32.3. The molecule has 0 fully saturated rings. The Morgan fingerprint density at radius 2 is 0.567 bits per heavy atom. The molecule has 0 saturated heterocycles. The van der Waals surface area contributed by atoms with E-state index in [1.807, 2.05) is 146 Å². The third kappa shape index (κ3) is 7.35. The van der Waals surface area contributed by atoms with E-state index in [4.69, 9.17) is 34.9 Å². The zero-order valence-electron chi connectivity index (χ0n) is 32.3. The summed E-state index contributed by atoms with van der Waals surface area (Å²) in [6.45, 7) is 0. The SMILES string of the molecule is c1ccc(-c2nc(-c3ccccc3)nc(-c3ccc(-c4cccc(-c5ccccc5-c5nc(-c6ccccc6)nc(-c6ccccc6)n5)c4-c4ccccn4)cc3)n2)cc1. The van der Waals surface area contributed by atoms with Crippen LogP contribution >= 0.6 is 0 Å². The van der Waals surface area contributed by atoms with Gasteiger partial charge in [0.15, 0.2) is 34.9 Å². The number of nitrogens with zero attached hydrogens (tertiary/aromatic N) is 7. The van der Waals surface area contributed by atoms with Crippen molar-refractivity contribution in [3.8, 4) is 102 Å². The van der Waals surface area contributed by atoms with Gasteiger partial charge in [0.05, 0.1) is 5.69 Å². The van der Waals surface area contributed by atoms with Crippen LogP contribution in [0.25, 0.3) is 102 Å². The van der Waals surface area contributed by atoms with Gasteiger partial charge >= 0.3 is 0 Å². The molecule has 0 spiro atoms. The molecule has 0 aliphatic carbocycles. The van der Waals surface area contributed by atoms with Crippen molar-refractivity contribution >= 4 is 0 Å². The molecule has 7 aromatic carbocycles. The van der Waals surface area contributed by atoms with Crippen LogP contribution in [-0.4, -0.2) is 34.9 Å². The highest BCUT2D eigenvalue weighted by Gasteiger charge is 2.21. The fraction of sp³-hybridized carbons (Fsp3) is 0. The minimum Gasteiger partial charge on any atom is -0.256 e. The first-order valence-corrected chi connectivity index (χ1v) is 19.7. The summed E-state index contributed by atoms with van der Waals surface area (Å²) in [5, 5.41) is 0. The lowest BCUT2D eigenvalue weighted by molar-refractivity contribution is 1.07. The number of benzene rings is 7. The second-order valence-electron chi connectivity index (χ2n) is 14.1. The second-order valence-corrected chi connectivity index (χ2v) is 14.1. The fourth-order valence-corrected chi connectivity index (χ4v) is 7.38. The Balaban J connectivity index is 1.10. The molecule has 0 amide bonds. The number of aromatic nitrogens is 7. The number of rotatable bonds is 9. The minimum atomic E-state index is 0.585. The van der Waals surface area contributed by atoms with Gasteiger partial charge < -0.3 is 0 Å². The van der Waals surface area contributed by atoms with Gasteiger partial charge in [-0.25, -0.2) is 29.9 Å². The lowest BCUT2D eigenvalue weighted by Crippen LogP contribution is -2.01. The van der Waals surface area contributed by atoms with Crippen LogP contribution in [0.15, 0.2) is 212 Å². The maximum Gasteiger partial charge on any atom is 0.164 e. The quantitative estimate of drug-likeness (QED) is 0.144. The van der Waals surface area contributed by atoms with E-state index in [0.717, 1.165) is 66.9 Å². The Hall–Kier alpha value is -8.29. The van der Waals surface area contributed by atoms with Gasteiger partial charge in [-0.3, -0.25) is 4.98 Å². The molecule has 3 aromatic heterocycles. The first kappa shape index (κ1) is 36.1. The molecule has 0 radical (unpaired) electrons. The van der Waals surface area contributed by atoms with E-state index in [9.17, 15) is 0 Å². The number of hydrogen-bond acceptors (Lipinski definition) is 7. The van der Waals surface area contributed by atoms with Gasteiger partial charge in [-0.15, -0.1) is 0 Å². The Morgan fingerprint density at radius 3 is 1.02 bits per heavy atom. The highest BCUT2D eigenvalue weighted by atomic mass is 15.0. The van der Waals surface area contributed by atoms with Crippen molar-refractivity contribution in [3.63, 3.8) is 0 Å². The molecule has 7 nitrogen and oxygen atoms in total. The predicted molar refractivity (Wildman–Crippen MR) is 240 cm³/mol. The molecule has 0 aliphatic heterocycles. The van der Waals surface area contributed by atoms with E-state index >= 15 is 0 Å². The van der Waals surface area contributed by atoms with Crippen LogP contribution in [0.4, 0.5) is 0 Å². The summed E-state index contributed by atoms with van der Waals surface area (Å²) in [5.41, 5.74) is 11.3. The van der Waals surface area contributed by atoms with E-state index in [-0.39, 0.29) is 0 Å². The molecular weight excluding hydrogens is 735 g/mol. The smallest absolute Gasteiger partial charge is 0.164 e. The number of hydrogen-bond donors (Lipinski definition) is 0. The van der Waals surface area contributed by atoms with E-state index in [1.165, 1.54) is 0 Å². The Morgan fingerprint density at radius 1 is 0.217 bits per heavy atom. The average molecular weight is 770 g/mol. The van der Waals surface area contributed by atoms with Gasteiger partial charge in [0.1, 0.15) is 0 Å². The molecule has 0 saturated carbocycles. The van der Waals surface area contributed by atoms with Crippen molar-refractivity contribution in [2.45, 2.75) is 0 Å². The molecule has 3 heterocycles. The summed E-state index contributed by atoms with van der Waals surface area (Å²) in [5.74, 6) is 3.65. The van der Waals surface area contributed by atoms with Gasteiger partial charge in [0, 0.05) is 45.1 Å². The lowest BCUT2D eigenvalue weighted by Gasteiger charge is -2.18. The highest BCUT2D eigenvalue weighted by molar-refractivity contribution is 5.97. The zero-order chi connectivity index (χ0) is 40.1. The summed E-state index contributed by atoms with van der Waals surface area (Å²) in [4.78, 5) is 34.9. The average Bonchev–Trinajstić information content (AvgIpc) is 3.35. The Labute approximate surface area is 347 Å². The lowest BCUT2D eigenvalue weighted by atomic mass is 9.87. The third-order valence-corrected chi connectivity index (χ3v) is 10.3. The van der Waals surface area contributed by atoms with Crippen molar-refractivity contribution in [1.29, 1.82) is 0 Å². The topological polar surface area (TPSA) is 90.2 Å². The normalized spacial score (nSPS) is 11.0. The molecule has 0 bridgehead atoms. The van der Waals surface area contributed by atoms with Crippen molar-refractivity contribution in [1.82, 2.24) is 34.9 Å². The van der Waals surface area contributed by atoms with Gasteiger partial charge in [0.2, 0.25) is 0 Å². The van der Waals surface area contributed by atoms with Crippen molar-refractivity contribution in [2.75, 3.05) is 0 Å². The van der Waals surface area contributed by atoms with Gasteiger partial charge in [-0.05, 0) is 34.4 Å². The first-order chi connectivity index (χ1) is 29.7. The maximum absolute atomic E-state index is 5.10. The van der Waals surface area contributed by atoms with Crippen LogP contribution in [0.2, 0.25) is 0 Å². The molecule has 10 rings (SSSR count). The minimum absolute atomic E-state index is 0.585. The fourth-order valence-electron chi connectivity index (χ4n) is 7.38. The van der Waals surface area contributed by atoms with E-state index in [0.29, 0.717) is 34.9 Å². The Bertz CT molecular complexity index is 2940.